The SMILES string of the molecule is CN1CCC(O)(c2ccccc2)C(N2CCCCC2)C1.Cl. The van der Waals surface area contributed by atoms with Crippen LogP contribution in [0.25, 0.3) is 0 Å². The Labute approximate surface area is 134 Å². The summed E-state index contributed by atoms with van der Waals surface area (Å²) >= 11 is 0. The van der Waals surface area contributed by atoms with Crippen molar-refractivity contribution >= 4 is 12.4 Å². The van der Waals surface area contributed by atoms with Gasteiger partial charge in [-0.05, 0) is 45.0 Å². The Bertz CT molecular complexity index is 436. The second-order valence-electron chi connectivity index (χ2n) is 6.41. The van der Waals surface area contributed by atoms with Crippen LogP contribution in [-0.2, 0) is 5.60 Å². The molecule has 2 heterocycles. The molecule has 0 radical (unpaired) electrons. The minimum atomic E-state index is -0.689. The molecule has 3 nitrogen and oxygen atoms in total. The zero-order valence-corrected chi connectivity index (χ0v) is 13.7. The summed E-state index contributed by atoms with van der Waals surface area (Å²) in [5, 5.41) is 11.4. The summed E-state index contributed by atoms with van der Waals surface area (Å²) in [6.07, 6.45) is 4.70. The molecule has 3 rings (SSSR count). The van der Waals surface area contributed by atoms with Crippen molar-refractivity contribution in [3.05, 3.63) is 35.9 Å². The van der Waals surface area contributed by atoms with Gasteiger partial charge in [0.15, 0.2) is 0 Å². The third-order valence-electron chi connectivity index (χ3n) is 5.02. The van der Waals surface area contributed by atoms with Gasteiger partial charge in [-0.3, -0.25) is 4.90 Å². The van der Waals surface area contributed by atoms with E-state index in [0.717, 1.165) is 38.2 Å². The summed E-state index contributed by atoms with van der Waals surface area (Å²) in [6.45, 7) is 4.20. The highest BCUT2D eigenvalue weighted by atomic mass is 35.5. The van der Waals surface area contributed by atoms with Gasteiger partial charge < -0.3 is 10.0 Å². The first kappa shape index (κ1) is 16.8. The van der Waals surface area contributed by atoms with Gasteiger partial charge in [0.1, 0.15) is 5.60 Å². The molecule has 0 bridgehead atoms. The van der Waals surface area contributed by atoms with Crippen molar-refractivity contribution < 1.29 is 5.11 Å². The minimum absolute atomic E-state index is 0. The zero-order valence-electron chi connectivity index (χ0n) is 12.9. The molecule has 2 atom stereocenters. The van der Waals surface area contributed by atoms with Crippen LogP contribution in [0.3, 0.4) is 0 Å². The number of hydrogen-bond donors (Lipinski definition) is 1. The van der Waals surface area contributed by atoms with E-state index in [-0.39, 0.29) is 18.4 Å². The maximum absolute atomic E-state index is 11.4. The summed E-state index contributed by atoms with van der Waals surface area (Å²) in [5.74, 6) is 0. The predicted molar refractivity (Wildman–Crippen MR) is 88.9 cm³/mol. The number of benzene rings is 1. The van der Waals surface area contributed by atoms with Gasteiger partial charge in [-0.15, -0.1) is 12.4 Å². The molecule has 0 saturated carbocycles. The lowest BCUT2D eigenvalue weighted by Gasteiger charge is -2.49. The Hall–Kier alpha value is -0.610. The second-order valence-corrected chi connectivity index (χ2v) is 6.41. The fourth-order valence-electron chi connectivity index (χ4n) is 3.78. The second kappa shape index (κ2) is 7.10. The lowest BCUT2D eigenvalue weighted by atomic mass is 9.79. The minimum Gasteiger partial charge on any atom is -0.383 e. The van der Waals surface area contributed by atoms with E-state index in [0.29, 0.717) is 0 Å². The molecule has 0 aliphatic carbocycles. The summed E-state index contributed by atoms with van der Waals surface area (Å²) in [5.41, 5.74) is 0.397. The molecule has 2 aliphatic heterocycles. The highest BCUT2D eigenvalue weighted by Gasteiger charge is 2.45. The van der Waals surface area contributed by atoms with E-state index >= 15 is 0 Å². The number of aliphatic hydroxyl groups is 1. The summed E-state index contributed by atoms with van der Waals surface area (Å²) in [7, 11) is 2.17. The van der Waals surface area contributed by atoms with E-state index in [1.165, 1.54) is 19.3 Å². The van der Waals surface area contributed by atoms with Gasteiger partial charge in [0.25, 0.3) is 0 Å². The molecule has 1 aromatic rings. The molecule has 2 saturated heterocycles. The first-order valence-electron chi connectivity index (χ1n) is 7.91. The van der Waals surface area contributed by atoms with E-state index < -0.39 is 5.60 Å². The number of likely N-dealkylation sites (N-methyl/N-ethyl adjacent to an activating group) is 1. The predicted octanol–water partition coefficient (Wildman–Crippen LogP) is 2.49. The maximum Gasteiger partial charge on any atom is 0.108 e. The number of piperidine rings is 2. The zero-order chi connectivity index (χ0) is 14.0. The number of nitrogens with zero attached hydrogens (tertiary/aromatic N) is 2. The van der Waals surface area contributed by atoms with Crippen LogP contribution in [0.4, 0.5) is 0 Å². The normalized spacial score (nSPS) is 31.6. The van der Waals surface area contributed by atoms with Crippen LogP contribution in [0.5, 0.6) is 0 Å². The molecule has 1 N–H and O–H groups in total. The van der Waals surface area contributed by atoms with Crippen molar-refractivity contribution in [2.75, 3.05) is 33.2 Å². The van der Waals surface area contributed by atoms with Gasteiger partial charge >= 0.3 is 0 Å². The molecule has 4 heteroatoms. The smallest absolute Gasteiger partial charge is 0.108 e. The molecule has 2 unspecified atom stereocenters. The molecule has 21 heavy (non-hydrogen) atoms. The first-order chi connectivity index (χ1) is 9.70. The van der Waals surface area contributed by atoms with Gasteiger partial charge in [0, 0.05) is 13.1 Å². The van der Waals surface area contributed by atoms with Gasteiger partial charge in [-0.2, -0.15) is 0 Å². The molecular formula is C17H27ClN2O. The largest absolute Gasteiger partial charge is 0.383 e. The average Bonchev–Trinajstić information content (AvgIpc) is 2.51. The fourth-order valence-corrected chi connectivity index (χ4v) is 3.78. The third-order valence-corrected chi connectivity index (χ3v) is 5.02. The van der Waals surface area contributed by atoms with Crippen LogP contribution in [0, 0.1) is 0 Å². The van der Waals surface area contributed by atoms with E-state index in [1.807, 2.05) is 18.2 Å². The van der Waals surface area contributed by atoms with Crippen molar-refractivity contribution in [3.63, 3.8) is 0 Å². The highest BCUT2D eigenvalue weighted by molar-refractivity contribution is 5.85. The number of hydrogen-bond acceptors (Lipinski definition) is 3. The molecule has 2 aliphatic rings. The van der Waals surface area contributed by atoms with Crippen LogP contribution in [0.1, 0.15) is 31.2 Å². The third kappa shape index (κ3) is 3.42. The van der Waals surface area contributed by atoms with Crippen LogP contribution in [0.2, 0.25) is 0 Å². The average molecular weight is 311 g/mol. The van der Waals surface area contributed by atoms with Crippen LogP contribution in [-0.4, -0.2) is 54.2 Å². The fraction of sp³-hybridized carbons (Fsp3) is 0.647. The number of halogens is 1. The Morgan fingerprint density at radius 3 is 2.38 bits per heavy atom. The van der Waals surface area contributed by atoms with Gasteiger partial charge in [0.05, 0.1) is 6.04 Å². The number of likely N-dealkylation sites (tertiary alicyclic amines) is 2. The molecule has 1 aromatic carbocycles. The van der Waals surface area contributed by atoms with Crippen molar-refractivity contribution in [2.45, 2.75) is 37.3 Å². The molecular weight excluding hydrogens is 284 g/mol. The van der Waals surface area contributed by atoms with Gasteiger partial charge in [0.2, 0.25) is 0 Å². The summed E-state index contributed by atoms with van der Waals surface area (Å²) in [4.78, 5) is 4.88. The molecule has 0 aromatic heterocycles. The molecule has 118 valence electrons. The molecule has 0 spiro atoms. The Morgan fingerprint density at radius 1 is 1.05 bits per heavy atom. The van der Waals surface area contributed by atoms with Gasteiger partial charge in [-0.1, -0.05) is 36.8 Å². The number of rotatable bonds is 2. The van der Waals surface area contributed by atoms with E-state index in [2.05, 4.69) is 29.0 Å². The van der Waals surface area contributed by atoms with E-state index in [9.17, 15) is 5.11 Å². The van der Waals surface area contributed by atoms with Crippen LogP contribution in [0.15, 0.2) is 30.3 Å². The lowest BCUT2D eigenvalue weighted by molar-refractivity contribution is -0.0994. The highest BCUT2D eigenvalue weighted by Crippen LogP contribution is 2.36. The Kier molecular flexibility index (Phi) is 5.67. The van der Waals surface area contributed by atoms with Crippen molar-refractivity contribution in [1.29, 1.82) is 0 Å². The quantitative estimate of drug-likeness (QED) is 0.909. The summed E-state index contributed by atoms with van der Waals surface area (Å²) < 4.78 is 0. The molecule has 0 amide bonds. The standard InChI is InChI=1S/C17H26N2O.ClH/c1-18-13-10-17(20,15-8-4-2-5-9-15)16(14-18)19-11-6-3-7-12-19;/h2,4-5,8-9,16,20H,3,6-7,10-14H2,1H3;1H. The summed E-state index contributed by atoms with van der Waals surface area (Å²) in [6, 6.07) is 10.5. The van der Waals surface area contributed by atoms with E-state index in [4.69, 9.17) is 0 Å². The Morgan fingerprint density at radius 2 is 1.71 bits per heavy atom. The van der Waals surface area contributed by atoms with E-state index in [1.54, 1.807) is 0 Å². The van der Waals surface area contributed by atoms with Crippen molar-refractivity contribution in [3.8, 4) is 0 Å². The molecule has 2 fully saturated rings. The van der Waals surface area contributed by atoms with Crippen molar-refractivity contribution in [1.82, 2.24) is 9.80 Å². The first-order valence-corrected chi connectivity index (χ1v) is 7.91. The van der Waals surface area contributed by atoms with Crippen LogP contribution < -0.4 is 0 Å². The topological polar surface area (TPSA) is 26.7 Å². The van der Waals surface area contributed by atoms with Gasteiger partial charge in [-0.25, -0.2) is 0 Å². The Balaban J connectivity index is 0.00000161. The lowest BCUT2D eigenvalue weighted by Crippen LogP contribution is -2.60. The maximum atomic E-state index is 11.4. The van der Waals surface area contributed by atoms with Crippen molar-refractivity contribution in [2.24, 2.45) is 0 Å². The monoisotopic (exact) mass is 310 g/mol. The van der Waals surface area contributed by atoms with Crippen LogP contribution >= 0.6 is 12.4 Å².